The molecule has 3 aromatic rings. The van der Waals surface area contributed by atoms with E-state index in [0.29, 0.717) is 17.2 Å². The van der Waals surface area contributed by atoms with Gasteiger partial charge in [-0.15, -0.1) is 0 Å². The van der Waals surface area contributed by atoms with Crippen molar-refractivity contribution in [2.75, 3.05) is 13.1 Å². The SMILES string of the molecule is Cc1cccc(C(CC(=O)O)NC(=O)C2N(C(=O)c3cc(F)cc(F)c3)CCCN2S(=O)(=O)Cc2ccccc2)c1. The van der Waals surface area contributed by atoms with Crippen molar-refractivity contribution < 1.29 is 36.7 Å². The van der Waals surface area contributed by atoms with Crippen LogP contribution in [0.4, 0.5) is 8.78 Å². The Morgan fingerprint density at radius 2 is 1.66 bits per heavy atom. The Labute approximate surface area is 236 Å². The van der Waals surface area contributed by atoms with Crippen LogP contribution in [0.25, 0.3) is 0 Å². The van der Waals surface area contributed by atoms with Crippen LogP contribution in [0.15, 0.2) is 72.8 Å². The van der Waals surface area contributed by atoms with Gasteiger partial charge in [-0.2, -0.15) is 4.31 Å². The molecule has 1 saturated heterocycles. The fraction of sp³-hybridized carbons (Fsp3) is 0.276. The fourth-order valence-corrected chi connectivity index (χ4v) is 6.54. The quantitative estimate of drug-likeness (QED) is 0.396. The van der Waals surface area contributed by atoms with E-state index < -0.39 is 69.4 Å². The third kappa shape index (κ3) is 7.33. The highest BCUT2D eigenvalue weighted by molar-refractivity contribution is 7.88. The van der Waals surface area contributed by atoms with Crippen molar-refractivity contribution in [1.29, 1.82) is 0 Å². The molecule has 41 heavy (non-hydrogen) atoms. The van der Waals surface area contributed by atoms with Gasteiger partial charge in [-0.05, 0) is 36.6 Å². The molecule has 1 heterocycles. The van der Waals surface area contributed by atoms with Crippen LogP contribution in [0.1, 0.15) is 45.9 Å². The van der Waals surface area contributed by atoms with Gasteiger partial charge in [0.2, 0.25) is 10.0 Å². The van der Waals surface area contributed by atoms with Crippen molar-refractivity contribution in [2.45, 2.75) is 37.7 Å². The number of nitrogens with one attached hydrogen (secondary N) is 1. The first-order valence-corrected chi connectivity index (χ1v) is 14.4. The monoisotopic (exact) mass is 585 g/mol. The number of carboxylic acids is 1. The first-order valence-electron chi connectivity index (χ1n) is 12.8. The van der Waals surface area contributed by atoms with E-state index in [4.69, 9.17) is 0 Å². The summed E-state index contributed by atoms with van der Waals surface area (Å²) in [5.41, 5.74) is 1.33. The average Bonchev–Trinajstić information content (AvgIpc) is 2.91. The number of halogens is 2. The second-order valence-electron chi connectivity index (χ2n) is 9.81. The van der Waals surface area contributed by atoms with Gasteiger partial charge in [0.05, 0.1) is 18.2 Å². The first kappa shape index (κ1) is 29.8. The van der Waals surface area contributed by atoms with Gasteiger partial charge in [0, 0.05) is 24.7 Å². The number of carboxylic acid groups (broad SMARTS) is 1. The zero-order chi connectivity index (χ0) is 29.7. The molecule has 0 aliphatic carbocycles. The minimum atomic E-state index is -4.21. The normalized spacial score (nSPS) is 16.7. The van der Waals surface area contributed by atoms with Gasteiger partial charge >= 0.3 is 5.97 Å². The number of aryl methyl sites for hydroxylation is 1. The highest BCUT2D eigenvalue weighted by Crippen LogP contribution is 2.26. The second kappa shape index (κ2) is 12.6. The van der Waals surface area contributed by atoms with Crippen LogP contribution in [0.5, 0.6) is 0 Å². The molecule has 0 bridgehead atoms. The van der Waals surface area contributed by atoms with Crippen molar-refractivity contribution in [3.8, 4) is 0 Å². The van der Waals surface area contributed by atoms with E-state index in [2.05, 4.69) is 5.32 Å². The molecule has 4 rings (SSSR count). The van der Waals surface area contributed by atoms with Crippen LogP contribution in [-0.4, -0.2) is 59.8 Å². The second-order valence-corrected chi connectivity index (χ2v) is 11.7. The lowest BCUT2D eigenvalue weighted by Gasteiger charge is -2.42. The molecule has 0 spiro atoms. The summed E-state index contributed by atoms with van der Waals surface area (Å²) in [6.45, 7) is 1.60. The molecule has 2 atom stereocenters. The molecule has 3 aromatic carbocycles. The van der Waals surface area contributed by atoms with E-state index in [0.717, 1.165) is 26.9 Å². The zero-order valence-electron chi connectivity index (χ0n) is 22.2. The molecule has 0 saturated carbocycles. The topological polar surface area (TPSA) is 124 Å². The van der Waals surface area contributed by atoms with Gasteiger partial charge in [0.1, 0.15) is 11.6 Å². The predicted octanol–water partition coefficient (Wildman–Crippen LogP) is 3.61. The number of benzene rings is 3. The number of aliphatic carboxylic acids is 1. The molecule has 12 heteroatoms. The number of sulfonamides is 1. The molecule has 216 valence electrons. The van der Waals surface area contributed by atoms with E-state index in [1.165, 1.54) is 0 Å². The largest absolute Gasteiger partial charge is 0.481 e. The number of hydrogen-bond acceptors (Lipinski definition) is 5. The summed E-state index contributed by atoms with van der Waals surface area (Å²) in [6, 6.07) is 16.2. The molecule has 1 fully saturated rings. The minimum Gasteiger partial charge on any atom is -0.481 e. The molecular formula is C29H29F2N3O6S. The van der Waals surface area contributed by atoms with E-state index in [1.54, 1.807) is 61.5 Å². The van der Waals surface area contributed by atoms with Gasteiger partial charge in [0.25, 0.3) is 11.8 Å². The van der Waals surface area contributed by atoms with Gasteiger partial charge < -0.3 is 15.3 Å². The smallest absolute Gasteiger partial charge is 0.305 e. The summed E-state index contributed by atoms with van der Waals surface area (Å²) in [4.78, 5) is 40.0. The Hall–Kier alpha value is -4.16. The Bertz CT molecular complexity index is 1530. The van der Waals surface area contributed by atoms with Gasteiger partial charge in [-0.1, -0.05) is 60.2 Å². The van der Waals surface area contributed by atoms with Crippen LogP contribution < -0.4 is 5.32 Å². The zero-order valence-corrected chi connectivity index (χ0v) is 23.0. The lowest BCUT2D eigenvalue weighted by molar-refractivity contribution is -0.138. The van der Waals surface area contributed by atoms with Crippen LogP contribution in [0.2, 0.25) is 0 Å². The molecule has 1 aliphatic heterocycles. The van der Waals surface area contributed by atoms with E-state index >= 15 is 0 Å². The van der Waals surface area contributed by atoms with Crippen LogP contribution >= 0.6 is 0 Å². The van der Waals surface area contributed by atoms with Crippen LogP contribution in [0.3, 0.4) is 0 Å². The Morgan fingerprint density at radius 3 is 2.29 bits per heavy atom. The fourth-order valence-electron chi connectivity index (χ4n) is 4.84. The summed E-state index contributed by atoms with van der Waals surface area (Å²) in [7, 11) is -4.21. The van der Waals surface area contributed by atoms with Crippen LogP contribution in [0, 0.1) is 18.6 Å². The highest BCUT2D eigenvalue weighted by Gasteiger charge is 2.44. The minimum absolute atomic E-state index is 0.0829. The Balaban J connectivity index is 1.74. The summed E-state index contributed by atoms with van der Waals surface area (Å²) in [5.74, 6) is -5.60. The number of carbonyl (C=O) groups is 3. The highest BCUT2D eigenvalue weighted by atomic mass is 32.2. The Morgan fingerprint density at radius 1 is 0.976 bits per heavy atom. The van der Waals surface area contributed by atoms with Gasteiger partial charge in [-0.25, -0.2) is 17.2 Å². The maximum atomic E-state index is 14.0. The molecule has 2 N–H and O–H groups in total. The number of amides is 2. The van der Waals surface area contributed by atoms with E-state index in [9.17, 15) is 36.7 Å². The number of nitrogens with zero attached hydrogens (tertiary/aromatic N) is 2. The summed E-state index contributed by atoms with van der Waals surface area (Å²) in [5, 5.41) is 12.1. The van der Waals surface area contributed by atoms with E-state index in [1.807, 2.05) is 0 Å². The summed E-state index contributed by atoms with van der Waals surface area (Å²) >= 11 is 0. The van der Waals surface area contributed by atoms with Gasteiger partial charge in [0.15, 0.2) is 6.17 Å². The molecule has 9 nitrogen and oxygen atoms in total. The summed E-state index contributed by atoms with van der Waals surface area (Å²) < 4.78 is 56.2. The molecule has 2 amide bonds. The lowest BCUT2D eigenvalue weighted by Crippen LogP contribution is -2.63. The van der Waals surface area contributed by atoms with Crippen molar-refractivity contribution >= 4 is 27.8 Å². The Kier molecular flexibility index (Phi) is 9.14. The number of rotatable bonds is 9. The molecule has 0 radical (unpaired) electrons. The van der Waals surface area contributed by atoms with Crippen molar-refractivity contribution in [3.05, 3.63) is 107 Å². The third-order valence-corrected chi connectivity index (χ3v) is 8.43. The number of carbonyl (C=O) groups excluding carboxylic acids is 2. The average molecular weight is 586 g/mol. The maximum absolute atomic E-state index is 14.0. The van der Waals surface area contributed by atoms with Crippen LogP contribution in [-0.2, 0) is 25.4 Å². The third-order valence-electron chi connectivity index (χ3n) is 6.64. The summed E-state index contributed by atoms with van der Waals surface area (Å²) in [6.07, 6.45) is -2.10. The standard InChI is InChI=1S/C29H29F2N3O6S/c1-19-7-5-10-21(13-19)25(17-26(35)36)32-27(37)28-33(29(38)22-14-23(30)16-24(31)15-22)11-6-12-34(28)41(39,40)18-20-8-3-2-4-9-20/h2-5,7-10,13-16,25,28H,6,11-12,17-18H2,1H3,(H,32,37)(H,35,36). The first-order chi connectivity index (χ1) is 19.4. The van der Waals surface area contributed by atoms with Crippen molar-refractivity contribution in [1.82, 2.24) is 14.5 Å². The molecule has 2 unspecified atom stereocenters. The lowest BCUT2D eigenvalue weighted by atomic mass is 10.0. The molecular weight excluding hydrogens is 556 g/mol. The van der Waals surface area contributed by atoms with Crippen molar-refractivity contribution in [3.63, 3.8) is 0 Å². The molecule has 1 aliphatic rings. The van der Waals surface area contributed by atoms with Gasteiger partial charge in [-0.3, -0.25) is 14.4 Å². The maximum Gasteiger partial charge on any atom is 0.305 e. The molecule has 0 aromatic heterocycles. The predicted molar refractivity (Wildman–Crippen MR) is 146 cm³/mol. The van der Waals surface area contributed by atoms with Crippen molar-refractivity contribution in [2.24, 2.45) is 0 Å². The van der Waals surface area contributed by atoms with E-state index in [-0.39, 0.29) is 19.5 Å². The number of hydrogen-bond donors (Lipinski definition) is 2.